The average Bonchev–Trinajstić information content (AvgIpc) is 3.13. The van der Waals surface area contributed by atoms with Gasteiger partial charge in [-0.1, -0.05) is 18.2 Å². The van der Waals surface area contributed by atoms with Gasteiger partial charge in [-0.15, -0.1) is 0 Å². The minimum Gasteiger partial charge on any atom is -0.318 e. The summed E-state index contributed by atoms with van der Waals surface area (Å²) in [5.41, 5.74) is 0.650. The van der Waals surface area contributed by atoms with E-state index in [9.17, 15) is 18.0 Å². The highest BCUT2D eigenvalue weighted by Gasteiger charge is 2.14. The minimum absolute atomic E-state index is 0.0159. The van der Waals surface area contributed by atoms with Crippen molar-refractivity contribution in [1.82, 2.24) is 14.3 Å². The van der Waals surface area contributed by atoms with Gasteiger partial charge in [0.2, 0.25) is 5.43 Å². The fourth-order valence-electron chi connectivity index (χ4n) is 3.09. The third kappa shape index (κ3) is 4.27. The van der Waals surface area contributed by atoms with Gasteiger partial charge in [0.1, 0.15) is 5.69 Å². The fraction of sp³-hybridized carbons (Fsp3) is 0.0435. The van der Waals surface area contributed by atoms with Gasteiger partial charge in [0.15, 0.2) is 23.1 Å². The number of para-hydroxylation sites is 1. The minimum atomic E-state index is -1.04. The number of halogens is 3. The van der Waals surface area contributed by atoms with Crippen LogP contribution in [0.15, 0.2) is 83.0 Å². The lowest BCUT2D eigenvalue weighted by atomic mass is 10.2. The smallest absolute Gasteiger partial charge is 0.209 e. The Morgan fingerprint density at radius 1 is 1.00 bits per heavy atom. The van der Waals surface area contributed by atoms with Crippen molar-refractivity contribution in [1.29, 1.82) is 5.41 Å². The van der Waals surface area contributed by atoms with Gasteiger partial charge in [-0.25, -0.2) is 17.9 Å². The standard InChI is InChI=1S/C23H16F3N5O/c24-17-12-16(30-13-18(25)19(26)14-30)6-7-21(17)31-11-9-22(32)23(29-31)20(8-10-27)28-15-4-2-1-3-5-15/h1-7,9-14,27H,8H2. The monoisotopic (exact) mass is 435 g/mol. The molecule has 0 aliphatic heterocycles. The highest BCUT2D eigenvalue weighted by Crippen LogP contribution is 2.19. The van der Waals surface area contributed by atoms with Crippen LogP contribution in [-0.2, 0) is 0 Å². The van der Waals surface area contributed by atoms with Gasteiger partial charge in [0, 0.05) is 49.0 Å². The molecule has 0 amide bonds. The molecule has 0 aliphatic rings. The lowest BCUT2D eigenvalue weighted by Crippen LogP contribution is -2.22. The predicted molar refractivity (Wildman–Crippen MR) is 115 cm³/mol. The van der Waals surface area contributed by atoms with Crippen molar-refractivity contribution >= 4 is 17.6 Å². The molecule has 0 bridgehead atoms. The first kappa shape index (κ1) is 21.0. The molecule has 2 aromatic heterocycles. The molecule has 0 atom stereocenters. The van der Waals surface area contributed by atoms with E-state index in [1.165, 1.54) is 29.1 Å². The number of aliphatic imine (C=N–C) groups is 1. The molecule has 6 nitrogen and oxygen atoms in total. The van der Waals surface area contributed by atoms with Crippen LogP contribution in [0.5, 0.6) is 0 Å². The van der Waals surface area contributed by atoms with E-state index in [0.717, 1.165) is 29.2 Å². The molecule has 2 aromatic carbocycles. The van der Waals surface area contributed by atoms with Gasteiger partial charge in [0.25, 0.3) is 0 Å². The summed E-state index contributed by atoms with van der Waals surface area (Å²) in [6, 6.07) is 14.1. The van der Waals surface area contributed by atoms with E-state index in [1.807, 2.05) is 6.07 Å². The van der Waals surface area contributed by atoms with E-state index < -0.39 is 22.9 Å². The second-order valence-corrected chi connectivity index (χ2v) is 6.77. The first-order chi connectivity index (χ1) is 15.5. The zero-order chi connectivity index (χ0) is 22.7. The molecule has 0 aliphatic carbocycles. The van der Waals surface area contributed by atoms with E-state index in [2.05, 4.69) is 10.1 Å². The van der Waals surface area contributed by atoms with E-state index in [-0.39, 0.29) is 29.2 Å². The molecule has 0 saturated heterocycles. The van der Waals surface area contributed by atoms with Crippen LogP contribution in [0.25, 0.3) is 11.4 Å². The van der Waals surface area contributed by atoms with Crippen LogP contribution in [0.4, 0.5) is 18.9 Å². The molecule has 0 radical (unpaired) electrons. The number of hydrogen-bond acceptors (Lipinski definition) is 4. The van der Waals surface area contributed by atoms with E-state index in [0.29, 0.717) is 5.69 Å². The molecular weight excluding hydrogens is 419 g/mol. The quantitative estimate of drug-likeness (QED) is 0.450. The molecular formula is C23H16F3N5O. The van der Waals surface area contributed by atoms with Gasteiger partial charge < -0.3 is 9.98 Å². The molecule has 32 heavy (non-hydrogen) atoms. The Bertz CT molecular complexity index is 1360. The fourth-order valence-corrected chi connectivity index (χ4v) is 3.09. The number of rotatable bonds is 6. The van der Waals surface area contributed by atoms with Crippen molar-refractivity contribution < 1.29 is 13.2 Å². The van der Waals surface area contributed by atoms with Crippen molar-refractivity contribution in [2.75, 3.05) is 0 Å². The third-order valence-electron chi connectivity index (χ3n) is 4.61. The second-order valence-electron chi connectivity index (χ2n) is 6.77. The second kappa shape index (κ2) is 8.84. The van der Waals surface area contributed by atoms with Crippen LogP contribution < -0.4 is 5.43 Å². The molecule has 0 unspecified atom stereocenters. The Labute approximate surface area is 180 Å². The topological polar surface area (TPSA) is 76.0 Å². The van der Waals surface area contributed by atoms with E-state index in [4.69, 9.17) is 5.41 Å². The molecule has 9 heteroatoms. The SMILES string of the molecule is N=CCC(=Nc1ccccc1)c1nn(-c2ccc(-n3cc(F)c(F)c3)cc2F)ccc1=O. The van der Waals surface area contributed by atoms with Gasteiger partial charge >= 0.3 is 0 Å². The van der Waals surface area contributed by atoms with Crippen molar-refractivity contribution in [2.24, 2.45) is 4.99 Å². The largest absolute Gasteiger partial charge is 0.318 e. The van der Waals surface area contributed by atoms with Crippen LogP contribution in [0, 0.1) is 22.9 Å². The van der Waals surface area contributed by atoms with E-state index >= 15 is 0 Å². The van der Waals surface area contributed by atoms with E-state index in [1.54, 1.807) is 24.3 Å². The van der Waals surface area contributed by atoms with Crippen molar-refractivity contribution in [3.8, 4) is 11.4 Å². The maximum atomic E-state index is 14.9. The van der Waals surface area contributed by atoms with Crippen LogP contribution in [0.2, 0.25) is 0 Å². The Morgan fingerprint density at radius 2 is 1.72 bits per heavy atom. The van der Waals surface area contributed by atoms with Gasteiger partial charge in [-0.3, -0.25) is 9.79 Å². The Kier molecular flexibility index (Phi) is 5.80. The zero-order valence-corrected chi connectivity index (χ0v) is 16.5. The molecule has 0 saturated carbocycles. The maximum Gasteiger partial charge on any atom is 0.209 e. The lowest BCUT2D eigenvalue weighted by Gasteiger charge is -2.11. The van der Waals surface area contributed by atoms with Gasteiger partial charge in [-0.05, 0) is 24.3 Å². The zero-order valence-electron chi connectivity index (χ0n) is 16.5. The van der Waals surface area contributed by atoms with Crippen molar-refractivity contribution in [3.05, 3.63) is 107 Å². The maximum absolute atomic E-state index is 14.9. The summed E-state index contributed by atoms with van der Waals surface area (Å²) in [5, 5.41) is 11.7. The average molecular weight is 435 g/mol. The van der Waals surface area contributed by atoms with Gasteiger partial charge in [0.05, 0.1) is 11.4 Å². The van der Waals surface area contributed by atoms with Crippen LogP contribution in [-0.4, -0.2) is 26.3 Å². The summed E-state index contributed by atoms with van der Waals surface area (Å²) in [4.78, 5) is 16.9. The lowest BCUT2D eigenvalue weighted by molar-refractivity contribution is 0.516. The summed E-state index contributed by atoms with van der Waals surface area (Å²) >= 11 is 0. The highest BCUT2D eigenvalue weighted by molar-refractivity contribution is 6.06. The molecule has 1 N–H and O–H groups in total. The predicted octanol–water partition coefficient (Wildman–Crippen LogP) is 4.60. The van der Waals surface area contributed by atoms with Crippen LogP contribution >= 0.6 is 0 Å². The summed E-state index contributed by atoms with van der Waals surface area (Å²) < 4.78 is 43.7. The Hall–Kier alpha value is -4.27. The summed E-state index contributed by atoms with van der Waals surface area (Å²) in [6.45, 7) is 0. The molecule has 2 heterocycles. The third-order valence-corrected chi connectivity index (χ3v) is 4.61. The number of nitrogens with zero attached hydrogens (tertiary/aromatic N) is 4. The Morgan fingerprint density at radius 3 is 2.38 bits per heavy atom. The van der Waals surface area contributed by atoms with Crippen LogP contribution in [0.3, 0.4) is 0 Å². The number of aromatic nitrogens is 3. The van der Waals surface area contributed by atoms with Gasteiger partial charge in [-0.2, -0.15) is 5.10 Å². The first-order valence-electron chi connectivity index (χ1n) is 9.51. The van der Waals surface area contributed by atoms with Crippen LogP contribution in [0.1, 0.15) is 12.1 Å². The first-order valence-corrected chi connectivity index (χ1v) is 9.51. The van der Waals surface area contributed by atoms with Crippen molar-refractivity contribution in [2.45, 2.75) is 6.42 Å². The summed E-state index contributed by atoms with van der Waals surface area (Å²) in [7, 11) is 0. The highest BCUT2D eigenvalue weighted by atomic mass is 19.2. The molecule has 4 aromatic rings. The molecule has 0 spiro atoms. The Balaban J connectivity index is 1.76. The summed E-state index contributed by atoms with van der Waals surface area (Å²) in [5.74, 6) is -2.80. The van der Waals surface area contributed by atoms with Crippen molar-refractivity contribution in [3.63, 3.8) is 0 Å². The number of hydrogen-bond donors (Lipinski definition) is 1. The molecule has 160 valence electrons. The normalized spacial score (nSPS) is 11.5. The number of nitrogens with one attached hydrogen (secondary N) is 1. The molecule has 0 fully saturated rings. The molecule has 4 rings (SSSR count). The summed E-state index contributed by atoms with van der Waals surface area (Å²) in [6.07, 6.45) is 4.29. The number of benzene rings is 2.